The molecule has 182 valence electrons. The Labute approximate surface area is 207 Å². The summed E-state index contributed by atoms with van der Waals surface area (Å²) in [6.07, 6.45) is 1.79. The molecule has 35 heavy (non-hydrogen) atoms. The molecule has 2 heterocycles. The average molecular weight is 497 g/mol. The molecule has 2 aromatic carbocycles. The third-order valence-corrected chi connectivity index (χ3v) is 5.99. The largest absolute Gasteiger partial charge is 0.497 e. The summed E-state index contributed by atoms with van der Waals surface area (Å²) in [5.74, 6) is 0.494. The van der Waals surface area contributed by atoms with Crippen molar-refractivity contribution in [2.75, 3.05) is 30.4 Å². The predicted octanol–water partition coefficient (Wildman–Crippen LogP) is 3.88. The summed E-state index contributed by atoms with van der Waals surface area (Å²) in [4.78, 5) is 33.9. The highest BCUT2D eigenvalue weighted by Gasteiger charge is 2.24. The number of carbonyl (C=O) groups excluding carboxylic acids is 1. The van der Waals surface area contributed by atoms with E-state index in [-0.39, 0.29) is 17.4 Å². The number of carboxylic acid groups (broad SMARTS) is 1. The Hall–Kier alpha value is -4.05. The predicted molar refractivity (Wildman–Crippen MR) is 134 cm³/mol. The van der Waals surface area contributed by atoms with Crippen LogP contribution in [0.2, 0.25) is 5.02 Å². The van der Waals surface area contributed by atoms with E-state index in [2.05, 4.69) is 20.6 Å². The van der Waals surface area contributed by atoms with Crippen LogP contribution in [0.1, 0.15) is 23.2 Å². The van der Waals surface area contributed by atoms with E-state index in [1.165, 1.54) is 6.20 Å². The number of aromatic nitrogens is 2. The topological polar surface area (TPSA) is 143 Å². The molecule has 1 saturated heterocycles. The number of nitrogens with zero attached hydrogens (tertiary/aromatic N) is 3. The van der Waals surface area contributed by atoms with Crippen molar-refractivity contribution in [3.63, 3.8) is 0 Å². The first-order chi connectivity index (χ1) is 16.8. The summed E-state index contributed by atoms with van der Waals surface area (Å²) in [5, 5.41) is 15.3. The van der Waals surface area contributed by atoms with Crippen molar-refractivity contribution < 1.29 is 19.4 Å². The molecule has 0 aliphatic carbocycles. The van der Waals surface area contributed by atoms with Crippen LogP contribution in [0, 0.1) is 0 Å². The lowest BCUT2D eigenvalue weighted by Gasteiger charge is -2.32. The maximum atomic E-state index is 12.1. The van der Waals surface area contributed by atoms with Gasteiger partial charge in [-0.05, 0) is 36.6 Å². The summed E-state index contributed by atoms with van der Waals surface area (Å²) in [5.41, 5.74) is 7.94. The van der Waals surface area contributed by atoms with Gasteiger partial charge in [0.15, 0.2) is 0 Å². The van der Waals surface area contributed by atoms with Crippen molar-refractivity contribution in [3.05, 3.63) is 59.2 Å². The number of benzene rings is 2. The van der Waals surface area contributed by atoms with Crippen molar-refractivity contribution in [2.45, 2.75) is 18.9 Å². The zero-order chi connectivity index (χ0) is 24.9. The van der Waals surface area contributed by atoms with Crippen molar-refractivity contribution in [3.8, 4) is 16.9 Å². The van der Waals surface area contributed by atoms with E-state index >= 15 is 0 Å². The quantitative estimate of drug-likeness (QED) is 0.386. The molecule has 1 aliphatic rings. The molecule has 2 amide bonds. The third kappa shape index (κ3) is 5.72. The van der Waals surface area contributed by atoms with E-state index < -0.39 is 12.0 Å². The van der Waals surface area contributed by atoms with Gasteiger partial charge in [0, 0.05) is 47.7 Å². The number of nitrogens with one attached hydrogen (secondary N) is 2. The number of amides is 2. The van der Waals surface area contributed by atoms with Crippen LogP contribution >= 0.6 is 11.6 Å². The molecule has 1 unspecified atom stereocenters. The lowest BCUT2D eigenvalue weighted by atomic mass is 10.0. The highest BCUT2D eigenvalue weighted by molar-refractivity contribution is 6.33. The number of anilines is 3. The van der Waals surface area contributed by atoms with E-state index in [1.807, 2.05) is 35.2 Å². The summed E-state index contributed by atoms with van der Waals surface area (Å²) in [6, 6.07) is 12.7. The number of halogens is 1. The molecule has 3 aromatic rings. The van der Waals surface area contributed by atoms with Gasteiger partial charge in [0.2, 0.25) is 5.95 Å². The van der Waals surface area contributed by atoms with Gasteiger partial charge in [-0.3, -0.25) is 4.79 Å². The maximum absolute atomic E-state index is 12.1. The Kier molecular flexibility index (Phi) is 7.21. The molecule has 1 aromatic heterocycles. The lowest BCUT2D eigenvalue weighted by molar-refractivity contribution is 0.100. The minimum Gasteiger partial charge on any atom is -0.497 e. The minimum absolute atomic E-state index is 0.119. The van der Waals surface area contributed by atoms with E-state index in [9.17, 15) is 9.59 Å². The molecule has 5 N–H and O–H groups in total. The maximum Gasteiger partial charge on any atom is 0.404 e. The normalized spacial score (nSPS) is 15.4. The number of hydrogen-bond acceptors (Lipinski definition) is 7. The SMILES string of the molecule is COc1cc(Nc2nc(N3CCCC(NC(=O)O)C3)ncc2C(N)=O)cc(-c2ccccc2Cl)c1. The summed E-state index contributed by atoms with van der Waals surface area (Å²) in [7, 11) is 1.56. The van der Waals surface area contributed by atoms with Crippen LogP contribution in [-0.2, 0) is 0 Å². The Balaban J connectivity index is 1.68. The van der Waals surface area contributed by atoms with Gasteiger partial charge in [-0.25, -0.2) is 9.78 Å². The van der Waals surface area contributed by atoms with E-state index in [0.717, 1.165) is 24.0 Å². The highest BCUT2D eigenvalue weighted by atomic mass is 35.5. The fourth-order valence-electron chi connectivity index (χ4n) is 4.03. The Morgan fingerprint density at radius 3 is 2.77 bits per heavy atom. The Morgan fingerprint density at radius 2 is 2.06 bits per heavy atom. The number of hydrogen-bond donors (Lipinski definition) is 4. The fraction of sp³-hybridized carbons (Fsp3) is 0.250. The average Bonchev–Trinajstić information content (AvgIpc) is 2.83. The number of nitrogens with two attached hydrogens (primary N) is 1. The second kappa shape index (κ2) is 10.5. The van der Waals surface area contributed by atoms with Crippen molar-refractivity contribution in [1.82, 2.24) is 15.3 Å². The van der Waals surface area contributed by atoms with Crippen molar-refractivity contribution in [2.24, 2.45) is 5.73 Å². The Morgan fingerprint density at radius 1 is 1.26 bits per heavy atom. The van der Waals surface area contributed by atoms with Crippen LogP contribution < -0.4 is 26.0 Å². The van der Waals surface area contributed by atoms with Crippen molar-refractivity contribution >= 4 is 41.1 Å². The number of methoxy groups -OCH3 is 1. The second-order valence-electron chi connectivity index (χ2n) is 8.09. The first kappa shape index (κ1) is 24.1. The molecule has 0 spiro atoms. The van der Waals surface area contributed by atoms with Gasteiger partial charge < -0.3 is 31.1 Å². The van der Waals surface area contributed by atoms with Crippen LogP contribution in [0.4, 0.5) is 22.2 Å². The second-order valence-corrected chi connectivity index (χ2v) is 8.49. The van der Waals surface area contributed by atoms with Gasteiger partial charge in [0.05, 0.1) is 7.11 Å². The van der Waals surface area contributed by atoms with Crippen LogP contribution in [0.3, 0.4) is 0 Å². The van der Waals surface area contributed by atoms with Gasteiger partial charge in [0.1, 0.15) is 17.1 Å². The molecule has 1 fully saturated rings. The number of primary amides is 1. The Bertz CT molecular complexity index is 1250. The van der Waals surface area contributed by atoms with E-state index in [4.69, 9.17) is 27.2 Å². The van der Waals surface area contributed by atoms with Crippen LogP contribution in [0.25, 0.3) is 11.1 Å². The number of carbonyl (C=O) groups is 2. The zero-order valence-electron chi connectivity index (χ0n) is 19.0. The first-order valence-electron chi connectivity index (χ1n) is 11.0. The van der Waals surface area contributed by atoms with E-state index in [1.54, 1.807) is 19.2 Å². The van der Waals surface area contributed by atoms with Crippen LogP contribution in [0.15, 0.2) is 48.7 Å². The number of piperidine rings is 1. The van der Waals surface area contributed by atoms with E-state index in [0.29, 0.717) is 35.5 Å². The molecule has 0 radical (unpaired) electrons. The monoisotopic (exact) mass is 496 g/mol. The summed E-state index contributed by atoms with van der Waals surface area (Å²) in [6.45, 7) is 1.07. The molecule has 4 rings (SSSR count). The van der Waals surface area contributed by atoms with Crippen LogP contribution in [-0.4, -0.2) is 53.3 Å². The fourth-order valence-corrected chi connectivity index (χ4v) is 4.27. The third-order valence-electron chi connectivity index (χ3n) is 5.66. The van der Waals surface area contributed by atoms with Crippen LogP contribution in [0.5, 0.6) is 5.75 Å². The van der Waals surface area contributed by atoms with Gasteiger partial charge in [0.25, 0.3) is 5.91 Å². The number of ether oxygens (including phenoxy) is 1. The molecular formula is C24H25ClN6O4. The molecule has 10 nitrogen and oxygen atoms in total. The summed E-state index contributed by atoms with van der Waals surface area (Å²) < 4.78 is 5.46. The number of rotatable bonds is 7. The summed E-state index contributed by atoms with van der Waals surface area (Å²) >= 11 is 6.39. The first-order valence-corrected chi connectivity index (χ1v) is 11.3. The molecule has 0 bridgehead atoms. The molecule has 1 aliphatic heterocycles. The molecule has 0 saturated carbocycles. The molecule has 1 atom stereocenters. The van der Waals surface area contributed by atoms with Gasteiger partial charge in [-0.2, -0.15) is 4.98 Å². The van der Waals surface area contributed by atoms with Gasteiger partial charge in [-0.1, -0.05) is 29.8 Å². The molecule has 11 heteroatoms. The molecular weight excluding hydrogens is 472 g/mol. The lowest BCUT2D eigenvalue weighted by Crippen LogP contribution is -2.48. The van der Waals surface area contributed by atoms with Gasteiger partial charge in [-0.15, -0.1) is 0 Å². The highest BCUT2D eigenvalue weighted by Crippen LogP contribution is 2.34. The van der Waals surface area contributed by atoms with Gasteiger partial charge >= 0.3 is 6.09 Å². The standard InChI is InChI=1S/C24H25ClN6O4/c1-35-17-10-14(18-6-2-3-7-20(18)25)9-16(11-17)28-22-19(21(26)32)12-27-23(30-22)31-8-4-5-15(13-31)29-24(33)34/h2-3,6-7,9-12,15,29H,4-5,8,13H2,1H3,(H2,26,32)(H,33,34)(H,27,28,30). The minimum atomic E-state index is -1.07. The smallest absolute Gasteiger partial charge is 0.404 e. The van der Waals surface area contributed by atoms with Crippen molar-refractivity contribution in [1.29, 1.82) is 0 Å². The zero-order valence-corrected chi connectivity index (χ0v) is 19.7.